The molecule has 0 aromatic carbocycles. The number of hydrogen-bond donors (Lipinski definition) is 1. The number of hydrogen-bond acceptors (Lipinski definition) is 4. The van der Waals surface area contributed by atoms with Gasteiger partial charge in [0.2, 0.25) is 0 Å². The van der Waals surface area contributed by atoms with Crippen LogP contribution in [0.15, 0.2) is 18.3 Å². The highest BCUT2D eigenvalue weighted by atomic mass is 15.3. The van der Waals surface area contributed by atoms with Crippen LogP contribution in [-0.4, -0.2) is 33.1 Å². The predicted octanol–water partition coefficient (Wildman–Crippen LogP) is 1.47. The van der Waals surface area contributed by atoms with E-state index in [0.29, 0.717) is 6.04 Å². The van der Waals surface area contributed by atoms with Crippen LogP contribution in [0.1, 0.15) is 31.1 Å². The molecule has 0 amide bonds. The molecule has 1 saturated heterocycles. The molecule has 1 aliphatic heterocycles. The fourth-order valence-electron chi connectivity index (χ4n) is 2.46. The van der Waals surface area contributed by atoms with E-state index in [2.05, 4.69) is 22.0 Å². The summed E-state index contributed by atoms with van der Waals surface area (Å²) in [6.45, 7) is 1.13. The third-order valence-electron chi connectivity index (χ3n) is 3.45. The van der Waals surface area contributed by atoms with E-state index >= 15 is 0 Å². The Bertz CT molecular complexity index is 533. The minimum Gasteiger partial charge on any atom is -0.399 e. The van der Waals surface area contributed by atoms with Gasteiger partial charge in [-0.3, -0.25) is 4.90 Å². The number of piperidine rings is 1. The van der Waals surface area contributed by atoms with Gasteiger partial charge in [0.25, 0.3) is 0 Å². The van der Waals surface area contributed by atoms with Gasteiger partial charge in [0.1, 0.15) is 0 Å². The fourth-order valence-corrected chi connectivity index (χ4v) is 2.46. The van der Waals surface area contributed by atoms with Gasteiger partial charge >= 0.3 is 0 Å². The lowest BCUT2D eigenvalue weighted by Crippen LogP contribution is -2.30. The van der Waals surface area contributed by atoms with Crippen molar-refractivity contribution in [2.45, 2.75) is 25.3 Å². The van der Waals surface area contributed by atoms with Crippen LogP contribution < -0.4 is 5.73 Å². The number of anilines is 1. The van der Waals surface area contributed by atoms with Crippen LogP contribution in [0.2, 0.25) is 0 Å². The number of fused-ring (bicyclic) bond motifs is 1. The van der Waals surface area contributed by atoms with Crippen molar-refractivity contribution in [2.24, 2.45) is 0 Å². The van der Waals surface area contributed by atoms with Gasteiger partial charge < -0.3 is 5.73 Å². The molecular formula is C12H17N5. The van der Waals surface area contributed by atoms with E-state index in [4.69, 9.17) is 5.73 Å². The van der Waals surface area contributed by atoms with Crippen molar-refractivity contribution >= 4 is 11.3 Å². The lowest BCUT2D eigenvalue weighted by Gasteiger charge is -2.30. The molecule has 90 valence electrons. The smallest absolute Gasteiger partial charge is 0.168 e. The van der Waals surface area contributed by atoms with Crippen LogP contribution in [0, 0.1) is 0 Å². The van der Waals surface area contributed by atoms with Crippen molar-refractivity contribution < 1.29 is 0 Å². The van der Waals surface area contributed by atoms with Crippen molar-refractivity contribution in [1.29, 1.82) is 0 Å². The summed E-state index contributed by atoms with van der Waals surface area (Å²) in [5.74, 6) is 0.915. The fraction of sp³-hybridized carbons (Fsp3) is 0.500. The van der Waals surface area contributed by atoms with Crippen LogP contribution >= 0.6 is 0 Å². The Balaban J connectivity index is 1.99. The van der Waals surface area contributed by atoms with Gasteiger partial charge in [-0.15, -0.1) is 5.10 Å². The van der Waals surface area contributed by atoms with E-state index in [9.17, 15) is 0 Å². The van der Waals surface area contributed by atoms with Gasteiger partial charge in [-0.1, -0.05) is 6.42 Å². The monoisotopic (exact) mass is 231 g/mol. The van der Waals surface area contributed by atoms with E-state index in [1.54, 1.807) is 4.52 Å². The second kappa shape index (κ2) is 4.00. The molecule has 3 rings (SSSR count). The van der Waals surface area contributed by atoms with E-state index < -0.39 is 0 Å². The second-order valence-electron chi connectivity index (χ2n) is 4.73. The van der Waals surface area contributed by atoms with E-state index in [1.807, 2.05) is 18.3 Å². The molecule has 2 aromatic rings. The van der Waals surface area contributed by atoms with Gasteiger partial charge in [-0.25, -0.2) is 9.50 Å². The highest BCUT2D eigenvalue weighted by Gasteiger charge is 2.24. The molecule has 0 bridgehead atoms. The summed E-state index contributed by atoms with van der Waals surface area (Å²) in [7, 11) is 2.14. The number of pyridine rings is 1. The molecule has 0 radical (unpaired) electrons. The molecule has 17 heavy (non-hydrogen) atoms. The van der Waals surface area contributed by atoms with Crippen LogP contribution in [0.4, 0.5) is 5.69 Å². The van der Waals surface area contributed by atoms with Crippen LogP contribution in [-0.2, 0) is 0 Å². The zero-order valence-corrected chi connectivity index (χ0v) is 10.0. The molecule has 1 unspecified atom stereocenters. The largest absolute Gasteiger partial charge is 0.399 e. The number of likely N-dealkylation sites (tertiary alicyclic amines) is 1. The van der Waals surface area contributed by atoms with Crippen molar-refractivity contribution in [3.05, 3.63) is 24.2 Å². The summed E-state index contributed by atoms with van der Waals surface area (Å²) in [5, 5.41) is 4.54. The summed E-state index contributed by atoms with van der Waals surface area (Å²) in [5.41, 5.74) is 7.31. The molecule has 1 atom stereocenters. The molecule has 3 heterocycles. The number of rotatable bonds is 1. The summed E-state index contributed by atoms with van der Waals surface area (Å²) >= 11 is 0. The Morgan fingerprint density at radius 2 is 2.29 bits per heavy atom. The van der Waals surface area contributed by atoms with Crippen LogP contribution in [0.3, 0.4) is 0 Å². The first-order valence-corrected chi connectivity index (χ1v) is 6.06. The first-order chi connectivity index (χ1) is 8.24. The van der Waals surface area contributed by atoms with E-state index in [0.717, 1.165) is 30.1 Å². The van der Waals surface area contributed by atoms with Crippen molar-refractivity contribution in [3.8, 4) is 0 Å². The minimum absolute atomic E-state index is 0.352. The summed E-state index contributed by atoms with van der Waals surface area (Å²) in [6, 6.07) is 4.06. The summed E-state index contributed by atoms with van der Waals surface area (Å²) < 4.78 is 1.80. The van der Waals surface area contributed by atoms with Gasteiger partial charge in [-0.05, 0) is 32.5 Å². The average molecular weight is 231 g/mol. The topological polar surface area (TPSA) is 59.5 Å². The van der Waals surface area contributed by atoms with Gasteiger partial charge in [0.15, 0.2) is 11.5 Å². The highest BCUT2D eigenvalue weighted by molar-refractivity contribution is 5.50. The van der Waals surface area contributed by atoms with Crippen molar-refractivity contribution in [1.82, 2.24) is 19.5 Å². The lowest BCUT2D eigenvalue weighted by molar-refractivity contribution is 0.179. The Hall–Kier alpha value is -1.62. The third kappa shape index (κ3) is 1.86. The molecule has 1 fully saturated rings. The van der Waals surface area contributed by atoms with Crippen molar-refractivity contribution in [3.63, 3.8) is 0 Å². The average Bonchev–Trinajstić information content (AvgIpc) is 2.72. The SMILES string of the molecule is CN1CCCCC1c1nc2cc(N)ccn2n1. The number of nitrogens with zero attached hydrogens (tertiary/aromatic N) is 4. The number of aromatic nitrogens is 3. The van der Waals surface area contributed by atoms with Crippen molar-refractivity contribution in [2.75, 3.05) is 19.3 Å². The Kier molecular flexibility index (Phi) is 2.48. The molecule has 5 nitrogen and oxygen atoms in total. The molecular weight excluding hydrogens is 214 g/mol. The summed E-state index contributed by atoms with van der Waals surface area (Å²) in [4.78, 5) is 6.91. The van der Waals surface area contributed by atoms with E-state index in [1.165, 1.54) is 12.8 Å². The summed E-state index contributed by atoms with van der Waals surface area (Å²) in [6.07, 6.45) is 5.53. The maximum atomic E-state index is 5.75. The molecule has 2 aromatic heterocycles. The molecule has 0 spiro atoms. The van der Waals surface area contributed by atoms with E-state index in [-0.39, 0.29) is 0 Å². The minimum atomic E-state index is 0.352. The maximum absolute atomic E-state index is 5.75. The van der Waals surface area contributed by atoms with Crippen LogP contribution in [0.5, 0.6) is 0 Å². The maximum Gasteiger partial charge on any atom is 0.168 e. The number of nitrogens with two attached hydrogens (primary N) is 1. The lowest BCUT2D eigenvalue weighted by atomic mass is 10.0. The molecule has 0 saturated carbocycles. The predicted molar refractivity (Wildman–Crippen MR) is 66.6 cm³/mol. The highest BCUT2D eigenvalue weighted by Crippen LogP contribution is 2.27. The van der Waals surface area contributed by atoms with Gasteiger partial charge in [0.05, 0.1) is 6.04 Å². The molecule has 1 aliphatic rings. The quantitative estimate of drug-likeness (QED) is 0.807. The molecule has 0 aliphatic carbocycles. The normalized spacial score (nSPS) is 22.1. The zero-order valence-electron chi connectivity index (χ0n) is 10.0. The standard InChI is InChI=1S/C12H17N5/c1-16-6-3-2-4-10(16)12-14-11-8-9(13)5-7-17(11)15-12/h5,7-8,10H,2-4,6,13H2,1H3. The molecule has 2 N–H and O–H groups in total. The first kappa shape index (κ1) is 10.5. The third-order valence-corrected chi connectivity index (χ3v) is 3.45. The van der Waals surface area contributed by atoms with Gasteiger partial charge in [-0.2, -0.15) is 0 Å². The van der Waals surface area contributed by atoms with Crippen LogP contribution in [0.25, 0.3) is 5.65 Å². The first-order valence-electron chi connectivity index (χ1n) is 6.06. The zero-order chi connectivity index (χ0) is 11.8. The Morgan fingerprint density at radius 1 is 1.41 bits per heavy atom. The number of nitrogen functional groups attached to an aromatic ring is 1. The van der Waals surface area contributed by atoms with Gasteiger partial charge in [0, 0.05) is 18.0 Å². The Labute approximate surface area is 100 Å². The second-order valence-corrected chi connectivity index (χ2v) is 4.73. The Morgan fingerprint density at radius 3 is 3.12 bits per heavy atom. The molecule has 5 heteroatoms.